The van der Waals surface area contributed by atoms with Crippen molar-refractivity contribution in [2.24, 2.45) is 10.8 Å². The van der Waals surface area contributed by atoms with E-state index in [4.69, 9.17) is 15.2 Å². The molecule has 1 aromatic carbocycles. The molecule has 1 aromatic rings. The fourth-order valence-electron chi connectivity index (χ4n) is 1.43. The summed E-state index contributed by atoms with van der Waals surface area (Å²) in [6, 6.07) is 2.86. The summed E-state index contributed by atoms with van der Waals surface area (Å²) in [6.07, 6.45) is 1.51. The number of nitrogens with zero attached hydrogens (tertiary/aromatic N) is 1. The van der Waals surface area contributed by atoms with E-state index in [1.165, 1.54) is 6.21 Å². The Kier molecular flexibility index (Phi) is 6.30. The fraction of sp³-hybridized carbons (Fsp3) is 0.385. The largest absolute Gasteiger partial charge is 0.490 e. The normalized spacial score (nSPS) is 10.8. The number of hydrazone groups is 1. The van der Waals surface area contributed by atoms with Crippen LogP contribution in [0.3, 0.4) is 0 Å². The van der Waals surface area contributed by atoms with Crippen LogP contribution in [-0.2, 0) is 0 Å². The quantitative estimate of drug-likeness (QED) is 0.614. The highest BCUT2D eigenvalue weighted by molar-refractivity contribution is 9.10. The summed E-state index contributed by atoms with van der Waals surface area (Å²) in [4.78, 5) is 10.6. The maximum atomic E-state index is 10.6. The maximum absolute atomic E-state index is 10.6. The number of primary amides is 1. The first-order valence-corrected chi connectivity index (χ1v) is 6.94. The average molecular weight is 344 g/mol. The van der Waals surface area contributed by atoms with Gasteiger partial charge in [0.25, 0.3) is 0 Å². The third-order valence-electron chi connectivity index (χ3n) is 2.10. The molecule has 1 rings (SSSR count). The lowest BCUT2D eigenvalue weighted by Crippen LogP contribution is -2.24. The van der Waals surface area contributed by atoms with Gasteiger partial charge in [-0.2, -0.15) is 5.10 Å². The van der Waals surface area contributed by atoms with Crippen molar-refractivity contribution in [1.82, 2.24) is 5.43 Å². The Hall–Kier alpha value is -1.76. The van der Waals surface area contributed by atoms with E-state index >= 15 is 0 Å². The van der Waals surface area contributed by atoms with Crippen LogP contribution in [-0.4, -0.2) is 25.0 Å². The Balaban J connectivity index is 3.05. The molecule has 20 heavy (non-hydrogen) atoms. The second-order valence-corrected chi connectivity index (χ2v) is 5.01. The van der Waals surface area contributed by atoms with Gasteiger partial charge in [0.2, 0.25) is 0 Å². The molecule has 6 nitrogen and oxygen atoms in total. The number of nitrogens with one attached hydrogen (secondary N) is 1. The zero-order valence-electron chi connectivity index (χ0n) is 11.6. The fourth-order valence-corrected chi connectivity index (χ4v) is 1.85. The molecule has 0 aliphatic heterocycles. The van der Waals surface area contributed by atoms with Gasteiger partial charge >= 0.3 is 6.03 Å². The molecule has 7 heteroatoms. The van der Waals surface area contributed by atoms with Gasteiger partial charge in [-0.15, -0.1) is 0 Å². The van der Waals surface area contributed by atoms with E-state index in [-0.39, 0.29) is 6.10 Å². The maximum Gasteiger partial charge on any atom is 0.332 e. The van der Waals surface area contributed by atoms with Crippen molar-refractivity contribution in [1.29, 1.82) is 0 Å². The highest BCUT2D eigenvalue weighted by atomic mass is 79.9. The number of carbonyl (C=O) groups is 1. The van der Waals surface area contributed by atoms with Gasteiger partial charge in [0, 0.05) is 10.0 Å². The molecule has 0 spiro atoms. The van der Waals surface area contributed by atoms with Crippen LogP contribution >= 0.6 is 15.9 Å². The molecule has 0 bridgehead atoms. The van der Waals surface area contributed by atoms with E-state index in [1.54, 1.807) is 12.1 Å². The van der Waals surface area contributed by atoms with Crippen molar-refractivity contribution in [3.05, 3.63) is 22.2 Å². The molecule has 0 unspecified atom stereocenters. The molecule has 2 amide bonds. The van der Waals surface area contributed by atoms with Crippen molar-refractivity contribution >= 4 is 28.2 Å². The number of rotatable bonds is 6. The van der Waals surface area contributed by atoms with Gasteiger partial charge in [-0.25, -0.2) is 10.2 Å². The summed E-state index contributed by atoms with van der Waals surface area (Å²) in [5.74, 6) is 1.26. The number of benzene rings is 1. The Bertz CT molecular complexity index is 504. The van der Waals surface area contributed by atoms with Crippen LogP contribution in [0, 0.1) is 0 Å². The third kappa shape index (κ3) is 5.08. The number of halogens is 1. The van der Waals surface area contributed by atoms with E-state index in [0.717, 1.165) is 10.0 Å². The van der Waals surface area contributed by atoms with Crippen LogP contribution in [0.5, 0.6) is 11.5 Å². The molecule has 0 aliphatic rings. The van der Waals surface area contributed by atoms with Crippen LogP contribution in [0.15, 0.2) is 21.7 Å². The first kappa shape index (κ1) is 16.3. The van der Waals surface area contributed by atoms with E-state index in [2.05, 4.69) is 26.5 Å². The molecule has 0 saturated heterocycles. The Morgan fingerprint density at radius 3 is 2.75 bits per heavy atom. The molecule has 0 saturated carbocycles. The van der Waals surface area contributed by atoms with Crippen molar-refractivity contribution in [3.8, 4) is 11.5 Å². The van der Waals surface area contributed by atoms with Crippen LogP contribution in [0.2, 0.25) is 0 Å². The molecular weight excluding hydrogens is 326 g/mol. The smallest absolute Gasteiger partial charge is 0.332 e. The zero-order valence-corrected chi connectivity index (χ0v) is 13.2. The summed E-state index contributed by atoms with van der Waals surface area (Å²) in [6.45, 7) is 6.29. The monoisotopic (exact) mass is 343 g/mol. The number of hydrogen-bond acceptors (Lipinski definition) is 4. The predicted octanol–water partition coefficient (Wildman–Crippen LogP) is 2.64. The minimum absolute atomic E-state index is 0.0390. The minimum Gasteiger partial charge on any atom is -0.490 e. The van der Waals surface area contributed by atoms with Gasteiger partial charge in [-0.1, -0.05) is 0 Å². The number of carbonyl (C=O) groups excluding carboxylic acids is 1. The van der Waals surface area contributed by atoms with Gasteiger partial charge in [0.1, 0.15) is 0 Å². The Labute approximate surface area is 126 Å². The molecular formula is C13H18BrN3O3. The summed E-state index contributed by atoms with van der Waals surface area (Å²) < 4.78 is 12.0. The summed E-state index contributed by atoms with van der Waals surface area (Å²) in [5.41, 5.74) is 7.80. The number of hydrogen-bond donors (Lipinski definition) is 2. The topological polar surface area (TPSA) is 85.9 Å². The molecule has 0 radical (unpaired) electrons. The second-order valence-electron chi connectivity index (χ2n) is 4.15. The van der Waals surface area contributed by atoms with Crippen LogP contribution in [0.25, 0.3) is 0 Å². The standard InChI is InChI=1S/C13H18BrN3O3/c1-4-19-11-5-9(7-16-17-13(15)18)10(14)6-12(11)20-8(2)3/h5-8H,4H2,1-3H3,(H3,15,17,18)/b16-7-. The summed E-state index contributed by atoms with van der Waals surface area (Å²) >= 11 is 3.42. The average Bonchev–Trinajstić information content (AvgIpc) is 2.33. The van der Waals surface area contributed by atoms with E-state index in [9.17, 15) is 4.79 Å². The Morgan fingerprint density at radius 1 is 1.50 bits per heavy atom. The lowest BCUT2D eigenvalue weighted by molar-refractivity contribution is 0.223. The molecule has 0 aromatic heterocycles. The number of ether oxygens (including phenoxy) is 2. The van der Waals surface area contributed by atoms with Crippen LogP contribution in [0.4, 0.5) is 4.79 Å². The van der Waals surface area contributed by atoms with E-state index in [1.807, 2.05) is 20.8 Å². The Morgan fingerprint density at radius 2 is 2.20 bits per heavy atom. The molecule has 0 heterocycles. The first-order chi connectivity index (χ1) is 9.43. The van der Waals surface area contributed by atoms with Crippen LogP contribution < -0.4 is 20.6 Å². The van der Waals surface area contributed by atoms with Crippen molar-refractivity contribution in [3.63, 3.8) is 0 Å². The number of amides is 2. The van der Waals surface area contributed by atoms with Crippen molar-refractivity contribution < 1.29 is 14.3 Å². The predicted molar refractivity (Wildman–Crippen MR) is 81.4 cm³/mol. The van der Waals surface area contributed by atoms with Crippen molar-refractivity contribution in [2.45, 2.75) is 26.9 Å². The van der Waals surface area contributed by atoms with Gasteiger partial charge in [-0.05, 0) is 48.8 Å². The lowest BCUT2D eigenvalue weighted by Gasteiger charge is -2.15. The SMILES string of the molecule is CCOc1cc(/C=N\NC(N)=O)c(Br)cc1OC(C)C. The minimum atomic E-state index is -0.720. The highest BCUT2D eigenvalue weighted by Crippen LogP contribution is 2.33. The molecule has 0 aliphatic carbocycles. The van der Waals surface area contributed by atoms with Gasteiger partial charge in [-0.3, -0.25) is 0 Å². The first-order valence-electron chi connectivity index (χ1n) is 6.15. The summed E-state index contributed by atoms with van der Waals surface area (Å²) in [5, 5.41) is 3.72. The molecule has 0 fully saturated rings. The van der Waals surface area contributed by atoms with Crippen LogP contribution in [0.1, 0.15) is 26.3 Å². The van der Waals surface area contributed by atoms with Gasteiger partial charge in [0.15, 0.2) is 11.5 Å². The van der Waals surface area contributed by atoms with Crippen molar-refractivity contribution in [2.75, 3.05) is 6.61 Å². The zero-order chi connectivity index (χ0) is 15.1. The number of nitrogens with two attached hydrogens (primary N) is 1. The third-order valence-corrected chi connectivity index (χ3v) is 2.79. The molecule has 0 atom stereocenters. The molecule has 3 N–H and O–H groups in total. The van der Waals surface area contributed by atoms with Gasteiger partial charge in [0.05, 0.1) is 18.9 Å². The second kappa shape index (κ2) is 7.74. The van der Waals surface area contributed by atoms with E-state index in [0.29, 0.717) is 18.1 Å². The number of urea groups is 1. The summed E-state index contributed by atoms with van der Waals surface area (Å²) in [7, 11) is 0. The van der Waals surface area contributed by atoms with Gasteiger partial charge < -0.3 is 15.2 Å². The highest BCUT2D eigenvalue weighted by Gasteiger charge is 2.11. The molecule has 110 valence electrons. The van der Waals surface area contributed by atoms with E-state index < -0.39 is 6.03 Å². The lowest BCUT2D eigenvalue weighted by atomic mass is 10.2.